The lowest BCUT2D eigenvalue weighted by atomic mass is 10.3. The van der Waals surface area contributed by atoms with Crippen molar-refractivity contribution < 1.29 is 13.6 Å². The fourth-order valence-electron chi connectivity index (χ4n) is 1.96. The molecule has 1 N–H and O–H groups in total. The molecule has 1 unspecified atom stereocenters. The van der Waals surface area contributed by atoms with Gasteiger partial charge in [0.15, 0.2) is 0 Å². The minimum atomic E-state index is -3.14. The van der Waals surface area contributed by atoms with E-state index in [0.717, 1.165) is 11.0 Å². The molecule has 0 aliphatic rings. The molecule has 0 spiro atoms. The number of nitrogens with zero attached hydrogens (tertiary/aromatic N) is 1. The summed E-state index contributed by atoms with van der Waals surface area (Å²) in [4.78, 5) is 0. The molecule has 0 aliphatic heterocycles. The van der Waals surface area contributed by atoms with Gasteiger partial charge in [0, 0.05) is 0 Å². The van der Waals surface area contributed by atoms with E-state index in [0.29, 0.717) is 17.6 Å². The van der Waals surface area contributed by atoms with Crippen LogP contribution in [-0.2, 0) is 4.57 Å². The fourth-order valence-corrected chi connectivity index (χ4v) is 3.69. The highest BCUT2D eigenvalue weighted by molar-refractivity contribution is 7.65. The monoisotopic (exact) mass is 319 g/mol. The van der Waals surface area contributed by atoms with Gasteiger partial charge in [-0.3, -0.25) is 4.57 Å². The lowest BCUT2D eigenvalue weighted by Crippen LogP contribution is -2.40. The molecule has 0 aliphatic carbocycles. The van der Waals surface area contributed by atoms with Crippen molar-refractivity contribution in [2.75, 3.05) is 34.2 Å². The topological polar surface area (TPSA) is 38.3 Å². The van der Waals surface area contributed by atoms with Gasteiger partial charge in [0.2, 0.25) is 0 Å². The van der Waals surface area contributed by atoms with Crippen molar-refractivity contribution >= 4 is 12.8 Å². The van der Waals surface area contributed by atoms with Crippen LogP contribution in [0, 0.1) is 0 Å². The first-order valence-corrected chi connectivity index (χ1v) is 8.97. The molecular formula is C17H24N2O2P+. The quantitative estimate of drug-likeness (QED) is 0.630. The van der Waals surface area contributed by atoms with Gasteiger partial charge in [-0.2, -0.15) is 0 Å². The zero-order chi connectivity index (χ0) is 16.1. The third-order valence-electron chi connectivity index (χ3n) is 3.18. The molecule has 2 aromatic carbocycles. The van der Waals surface area contributed by atoms with Crippen LogP contribution in [0.1, 0.15) is 0 Å². The van der Waals surface area contributed by atoms with E-state index in [1.54, 1.807) is 0 Å². The first-order chi connectivity index (χ1) is 10.4. The first kappa shape index (κ1) is 16.8. The molecule has 2 rings (SSSR count). The van der Waals surface area contributed by atoms with Crippen LogP contribution in [-0.4, -0.2) is 38.7 Å². The number of para-hydroxylation sites is 1. The van der Waals surface area contributed by atoms with Crippen LogP contribution in [0.2, 0.25) is 0 Å². The summed E-state index contributed by atoms with van der Waals surface area (Å²) in [6, 6.07) is 18.6. The minimum Gasteiger partial charge on any atom is -0.430 e. The maximum Gasteiger partial charge on any atom is 0.347 e. The van der Waals surface area contributed by atoms with Gasteiger partial charge in [0.1, 0.15) is 5.75 Å². The molecule has 0 fully saturated rings. The Hall–Kier alpha value is -1.61. The lowest BCUT2D eigenvalue weighted by Gasteiger charge is -2.26. The Balaban J connectivity index is 2.19. The number of nitrogens with one attached hydrogen (secondary N) is 1. The fraction of sp³-hybridized carbons (Fsp3) is 0.294. The molecule has 22 heavy (non-hydrogen) atoms. The van der Waals surface area contributed by atoms with E-state index in [9.17, 15) is 4.57 Å². The Morgan fingerprint density at radius 3 is 2.05 bits per heavy atom. The van der Waals surface area contributed by atoms with Gasteiger partial charge in [-0.05, 0) is 24.3 Å². The maximum atomic E-state index is 13.3. The predicted octanol–water partition coefficient (Wildman–Crippen LogP) is 2.88. The zero-order valence-corrected chi connectivity index (χ0v) is 14.3. The Bertz CT molecular complexity index is 624. The van der Waals surface area contributed by atoms with E-state index in [-0.39, 0.29) is 0 Å². The Morgan fingerprint density at radius 1 is 0.955 bits per heavy atom. The second-order valence-corrected chi connectivity index (χ2v) is 8.33. The van der Waals surface area contributed by atoms with Gasteiger partial charge < -0.3 is 9.01 Å². The third-order valence-corrected chi connectivity index (χ3v) is 5.26. The molecule has 5 heteroatoms. The number of hydrogen-bond donors (Lipinski definition) is 1. The minimum absolute atomic E-state index is 0.604. The standard InChI is InChI=1S/C17H24N2O2P/c1-19(2,3)15-14-18-22(20,17-12-8-5-9-13-17)21-16-10-6-4-7-11-16/h4-13H,14-15H2,1-3H3,(H,18,20)/q+1. The summed E-state index contributed by atoms with van der Waals surface area (Å²) >= 11 is 0. The van der Waals surface area contributed by atoms with E-state index in [4.69, 9.17) is 4.52 Å². The molecule has 1 atom stereocenters. The van der Waals surface area contributed by atoms with Crippen molar-refractivity contribution in [3.63, 3.8) is 0 Å². The van der Waals surface area contributed by atoms with Crippen LogP contribution >= 0.6 is 7.52 Å². The van der Waals surface area contributed by atoms with E-state index < -0.39 is 7.52 Å². The smallest absolute Gasteiger partial charge is 0.347 e. The van der Waals surface area contributed by atoms with Crippen molar-refractivity contribution in [2.24, 2.45) is 0 Å². The van der Waals surface area contributed by atoms with Gasteiger partial charge >= 0.3 is 7.52 Å². The average molecular weight is 319 g/mol. The SMILES string of the molecule is C[N+](C)(C)CCNP(=O)(Oc1ccccc1)c1ccccc1. The van der Waals surface area contributed by atoms with Crippen LogP contribution in [0.25, 0.3) is 0 Å². The van der Waals surface area contributed by atoms with E-state index in [1.807, 2.05) is 60.7 Å². The summed E-state index contributed by atoms with van der Waals surface area (Å²) in [6.07, 6.45) is 0. The molecule has 0 saturated heterocycles. The molecule has 0 radical (unpaired) electrons. The average Bonchev–Trinajstić information content (AvgIpc) is 2.48. The third kappa shape index (κ3) is 4.99. The molecule has 0 bridgehead atoms. The zero-order valence-electron chi connectivity index (χ0n) is 13.4. The van der Waals surface area contributed by atoms with Crippen molar-refractivity contribution in [3.8, 4) is 5.75 Å². The van der Waals surface area contributed by atoms with Gasteiger partial charge in [-0.15, -0.1) is 0 Å². The van der Waals surface area contributed by atoms with Gasteiger partial charge in [0.25, 0.3) is 0 Å². The summed E-state index contributed by atoms with van der Waals surface area (Å²) in [5.74, 6) is 0.604. The van der Waals surface area contributed by atoms with Gasteiger partial charge in [0.05, 0.1) is 39.5 Å². The summed E-state index contributed by atoms with van der Waals surface area (Å²) in [7, 11) is 3.17. The van der Waals surface area contributed by atoms with Crippen molar-refractivity contribution in [3.05, 3.63) is 60.7 Å². The molecule has 0 saturated carbocycles. The summed E-state index contributed by atoms with van der Waals surface area (Å²) in [6.45, 7) is 1.47. The summed E-state index contributed by atoms with van der Waals surface area (Å²) in [5, 5.41) is 3.82. The van der Waals surface area contributed by atoms with Crippen molar-refractivity contribution in [1.29, 1.82) is 0 Å². The number of likely N-dealkylation sites (N-methyl/N-ethyl adjacent to an activating group) is 1. The van der Waals surface area contributed by atoms with Crippen molar-refractivity contribution in [1.82, 2.24) is 5.09 Å². The highest BCUT2D eigenvalue weighted by Crippen LogP contribution is 2.41. The van der Waals surface area contributed by atoms with Crippen LogP contribution in [0.15, 0.2) is 60.7 Å². The first-order valence-electron chi connectivity index (χ1n) is 7.35. The summed E-state index contributed by atoms with van der Waals surface area (Å²) < 4.78 is 20.0. The van der Waals surface area contributed by atoms with E-state index in [2.05, 4.69) is 26.2 Å². The molecule has 118 valence electrons. The second kappa shape index (κ2) is 7.10. The number of rotatable bonds is 7. The molecule has 4 nitrogen and oxygen atoms in total. The molecule has 0 aromatic heterocycles. The van der Waals surface area contributed by atoms with Crippen LogP contribution in [0.5, 0.6) is 5.75 Å². The molecular weight excluding hydrogens is 295 g/mol. The number of hydrogen-bond acceptors (Lipinski definition) is 2. The number of quaternary nitrogens is 1. The second-order valence-electron chi connectivity index (χ2n) is 6.21. The van der Waals surface area contributed by atoms with Crippen LogP contribution < -0.4 is 14.9 Å². The molecule has 0 amide bonds. The summed E-state index contributed by atoms with van der Waals surface area (Å²) in [5.41, 5.74) is 0. The Labute approximate surface area is 132 Å². The van der Waals surface area contributed by atoms with E-state index >= 15 is 0 Å². The van der Waals surface area contributed by atoms with Crippen LogP contribution in [0.3, 0.4) is 0 Å². The van der Waals surface area contributed by atoms with Gasteiger partial charge in [-0.1, -0.05) is 36.4 Å². The van der Waals surface area contributed by atoms with Crippen LogP contribution in [0.4, 0.5) is 0 Å². The maximum absolute atomic E-state index is 13.3. The highest BCUT2D eigenvalue weighted by Gasteiger charge is 2.27. The lowest BCUT2D eigenvalue weighted by molar-refractivity contribution is -0.869. The normalized spacial score (nSPS) is 14.3. The van der Waals surface area contributed by atoms with Crippen molar-refractivity contribution in [2.45, 2.75) is 0 Å². The highest BCUT2D eigenvalue weighted by atomic mass is 31.2. The Morgan fingerprint density at radius 2 is 1.50 bits per heavy atom. The molecule has 0 heterocycles. The Kier molecular flexibility index (Phi) is 5.41. The van der Waals surface area contributed by atoms with E-state index in [1.165, 1.54) is 0 Å². The largest absolute Gasteiger partial charge is 0.430 e. The predicted molar refractivity (Wildman–Crippen MR) is 91.7 cm³/mol. The molecule has 2 aromatic rings. The number of benzene rings is 2. The van der Waals surface area contributed by atoms with Gasteiger partial charge in [-0.25, -0.2) is 5.09 Å².